The van der Waals surface area contributed by atoms with E-state index in [0.29, 0.717) is 0 Å². The molecule has 0 aliphatic carbocycles. The van der Waals surface area contributed by atoms with Gasteiger partial charge in [-0.15, -0.1) is 0 Å². The summed E-state index contributed by atoms with van der Waals surface area (Å²) < 4.78 is 0. The van der Waals surface area contributed by atoms with E-state index < -0.39 is 7.12 Å². The lowest BCUT2D eigenvalue weighted by atomic mass is 9.99. The molecule has 0 aliphatic rings. The van der Waals surface area contributed by atoms with Crippen molar-refractivity contribution in [1.82, 2.24) is 10.2 Å². The van der Waals surface area contributed by atoms with Gasteiger partial charge < -0.3 is 26.0 Å². The van der Waals surface area contributed by atoms with Crippen LogP contribution in [-0.4, -0.2) is 43.2 Å². The monoisotopic (exact) mass is 674 g/mol. The minimum absolute atomic E-state index is 0. The van der Waals surface area contributed by atoms with Crippen LogP contribution in [0.25, 0.3) is 0 Å². The molecule has 0 amide bonds. The maximum atomic E-state index is 7.61. The Morgan fingerprint density at radius 2 is 0.545 bits per heavy atom. The van der Waals surface area contributed by atoms with Gasteiger partial charge in [-0.05, 0) is 32.9 Å². The fraction of sp³-hybridized carbons (Fsp3) is 1.00. The van der Waals surface area contributed by atoms with Crippen molar-refractivity contribution in [1.29, 1.82) is 0 Å². The van der Waals surface area contributed by atoms with E-state index in [1.54, 1.807) is 0 Å². The lowest BCUT2D eigenvalue weighted by Crippen LogP contribution is -2.00. The number of alkyl halides is 1. The third-order valence-corrected chi connectivity index (χ3v) is 0. The average molecular weight is 674 g/mol. The number of halogens is 1. The van der Waals surface area contributed by atoms with Crippen molar-refractivity contribution >= 4 is 58.4 Å². The highest BCUT2D eigenvalue weighted by Gasteiger charge is 1.86. The molecular formula is C23H92BIN3O2P3. The van der Waals surface area contributed by atoms with Gasteiger partial charge in [0, 0.05) is 0 Å². The standard InChI is InChI=1S/4C2H6.CH5BO2.CH3I.2CH6NP.CH5N.10CH4.H3P/c4*1-2;1-2(3)4;1-2;2*1-2-3;1-2;;;;;;;;;;;/h4*1-2H3;3-4H,1H3;1H3;2*2H,3H2,1H3;2H2,1H3;10*1H4;1H3. The maximum absolute atomic E-state index is 7.61. The Kier molecular flexibility index (Phi) is 4230. The Bertz CT molecular complexity index is 67.4. The van der Waals surface area contributed by atoms with Crippen molar-refractivity contribution in [2.45, 2.75) is 136 Å². The smallest absolute Gasteiger partial charge is 0.427 e. The highest BCUT2D eigenvalue weighted by molar-refractivity contribution is 14.1. The Morgan fingerprint density at radius 1 is 0.545 bits per heavy atom. The molecule has 6 N–H and O–H groups in total. The summed E-state index contributed by atoms with van der Waals surface area (Å²) in [6.45, 7) is 17.3. The van der Waals surface area contributed by atoms with E-state index in [9.17, 15) is 0 Å². The first kappa shape index (κ1) is 181. The van der Waals surface area contributed by atoms with E-state index in [1.807, 2.05) is 74.4 Å². The summed E-state index contributed by atoms with van der Waals surface area (Å²) in [7, 11) is 8.67. The van der Waals surface area contributed by atoms with Gasteiger partial charge in [-0.3, -0.25) is 0 Å². The molecule has 0 aromatic carbocycles. The minimum Gasteiger partial charge on any atom is -0.427 e. The van der Waals surface area contributed by atoms with Crippen LogP contribution in [0.1, 0.15) is 130 Å². The molecule has 0 aromatic rings. The van der Waals surface area contributed by atoms with Crippen LogP contribution in [0, 0.1) is 0 Å². The predicted octanol–water partition coefficient (Wildman–Crippen LogP) is 10.2. The molecule has 0 saturated heterocycles. The Morgan fingerprint density at radius 3 is 0.545 bits per heavy atom. The molecule has 0 aliphatic heterocycles. The lowest BCUT2D eigenvalue weighted by Gasteiger charge is -1.71. The van der Waals surface area contributed by atoms with Crippen molar-refractivity contribution in [3.63, 3.8) is 0 Å². The molecule has 0 radical (unpaired) electrons. The van der Waals surface area contributed by atoms with E-state index in [-0.39, 0.29) is 84.2 Å². The molecule has 33 heavy (non-hydrogen) atoms. The molecule has 0 heterocycles. The van der Waals surface area contributed by atoms with E-state index in [4.69, 9.17) is 10.0 Å². The van der Waals surface area contributed by atoms with Crippen LogP contribution in [0.15, 0.2) is 0 Å². The first-order valence-electron chi connectivity index (χ1n) is 7.63. The molecule has 3 unspecified atom stereocenters. The fourth-order valence-corrected chi connectivity index (χ4v) is 0. The van der Waals surface area contributed by atoms with Crippen LogP contribution in [0.2, 0.25) is 6.82 Å². The van der Waals surface area contributed by atoms with Gasteiger partial charge in [-0.1, -0.05) is 171 Å². The second-order valence-corrected chi connectivity index (χ2v) is 2.36. The molecular weight excluding hydrogens is 581 g/mol. The molecule has 3 atom stereocenters. The lowest BCUT2D eigenvalue weighted by molar-refractivity contribution is 0.417. The van der Waals surface area contributed by atoms with Crippen LogP contribution >= 0.6 is 51.3 Å². The molecule has 10 heteroatoms. The van der Waals surface area contributed by atoms with E-state index >= 15 is 0 Å². The number of nitrogens with two attached hydrogens (primary N) is 1. The zero-order valence-electron chi connectivity index (χ0n) is 18.3. The normalized spacial score (nSPS) is 3.00. The summed E-state index contributed by atoms with van der Waals surface area (Å²) >= 11 is 2.15. The first-order chi connectivity index (χ1) is 10.6. The largest absolute Gasteiger partial charge is 0.448 e. The number of hydrogen-bond acceptors (Lipinski definition) is 5. The van der Waals surface area contributed by atoms with Gasteiger partial charge in [0.2, 0.25) is 0 Å². The van der Waals surface area contributed by atoms with Crippen molar-refractivity contribution in [2.24, 2.45) is 5.73 Å². The topological polar surface area (TPSA) is 90.5 Å². The number of nitrogens with one attached hydrogen (secondary N) is 2. The van der Waals surface area contributed by atoms with Crippen LogP contribution in [0.3, 0.4) is 0 Å². The molecule has 0 bridgehead atoms. The van der Waals surface area contributed by atoms with E-state index in [0.717, 1.165) is 0 Å². The molecule has 0 aromatic heterocycles. The Hall–Kier alpha value is 1.88. The fourth-order valence-electron chi connectivity index (χ4n) is 0. The molecule has 236 valence electrons. The first-order valence-corrected chi connectivity index (χ1v) is 10.9. The summed E-state index contributed by atoms with van der Waals surface area (Å²) in [6, 6.07) is 0. The maximum Gasteiger partial charge on any atom is 0.448 e. The van der Waals surface area contributed by atoms with Gasteiger partial charge in [0.15, 0.2) is 0 Å². The van der Waals surface area contributed by atoms with E-state index in [2.05, 4.69) is 57.3 Å². The van der Waals surface area contributed by atoms with Crippen molar-refractivity contribution < 1.29 is 10.0 Å². The zero-order chi connectivity index (χ0) is 21.0. The van der Waals surface area contributed by atoms with Crippen molar-refractivity contribution in [2.75, 3.05) is 26.1 Å². The van der Waals surface area contributed by atoms with Crippen LogP contribution in [0.5, 0.6) is 0 Å². The Balaban J connectivity index is -0.00000000311. The summed E-state index contributed by atoms with van der Waals surface area (Å²) in [4.78, 5) is 1.97. The Labute approximate surface area is 246 Å². The van der Waals surface area contributed by atoms with Gasteiger partial charge in [0.1, 0.15) is 0 Å². The van der Waals surface area contributed by atoms with Gasteiger partial charge in [-0.2, -0.15) is 9.90 Å². The molecule has 0 fully saturated rings. The van der Waals surface area contributed by atoms with Gasteiger partial charge in [-0.25, -0.2) is 0 Å². The van der Waals surface area contributed by atoms with Crippen molar-refractivity contribution in [3.8, 4) is 0 Å². The third-order valence-electron chi connectivity index (χ3n) is 0. The van der Waals surface area contributed by atoms with Crippen LogP contribution in [-0.2, 0) is 0 Å². The number of hydrogen-bond donors (Lipinski definition) is 5. The SMILES string of the molecule is C.C.C.C.C.C.C.C.C.C.CB(O)O.CC.CC.CC.CC.CI.CN.CNP.CNP.P. The minimum atomic E-state index is -1.17. The zero-order valence-corrected chi connectivity index (χ0v) is 24.2. The van der Waals surface area contributed by atoms with Gasteiger partial charge in [0.25, 0.3) is 0 Å². The molecule has 0 spiro atoms. The van der Waals surface area contributed by atoms with E-state index in [1.165, 1.54) is 13.9 Å². The highest BCUT2D eigenvalue weighted by Crippen LogP contribution is 1.51. The summed E-state index contributed by atoms with van der Waals surface area (Å²) in [5.74, 6) is 0. The third kappa shape index (κ3) is 9700. The average Bonchev–Trinajstić information content (AvgIpc) is 2.59. The predicted molar refractivity (Wildman–Crippen MR) is 207 cm³/mol. The van der Waals surface area contributed by atoms with Gasteiger partial charge >= 0.3 is 7.12 Å². The van der Waals surface area contributed by atoms with Crippen molar-refractivity contribution in [3.05, 3.63) is 0 Å². The van der Waals surface area contributed by atoms with Gasteiger partial charge in [0.05, 0.1) is 0 Å². The summed E-state index contributed by atoms with van der Waals surface area (Å²) in [5.41, 5.74) is 4.50. The molecule has 0 rings (SSSR count). The summed E-state index contributed by atoms with van der Waals surface area (Å²) in [6.07, 6.45) is 0. The van der Waals surface area contributed by atoms with Crippen LogP contribution in [0.4, 0.5) is 0 Å². The number of rotatable bonds is 0. The second kappa shape index (κ2) is 773. The van der Waals surface area contributed by atoms with Crippen LogP contribution < -0.4 is 15.9 Å². The highest BCUT2D eigenvalue weighted by atomic mass is 127. The summed E-state index contributed by atoms with van der Waals surface area (Å²) in [5, 5.41) is 20.6. The molecule has 0 saturated carbocycles. The quantitative estimate of drug-likeness (QED) is 0.0764. The second-order valence-electron chi connectivity index (χ2n) is 1.21. The molecule has 5 nitrogen and oxygen atoms in total.